The summed E-state index contributed by atoms with van der Waals surface area (Å²) in [5.41, 5.74) is 0.768. The summed E-state index contributed by atoms with van der Waals surface area (Å²) in [5.74, 6) is 0.0796. The number of hydrogen-bond acceptors (Lipinski definition) is 3. The molecule has 2 rings (SSSR count). The number of thioether (sulfide) groups is 1. The zero-order valence-electron chi connectivity index (χ0n) is 8.60. The molecule has 5 heteroatoms. The number of amides is 1. The highest BCUT2D eigenvalue weighted by Crippen LogP contribution is 2.38. The fourth-order valence-electron chi connectivity index (χ4n) is 1.74. The van der Waals surface area contributed by atoms with E-state index >= 15 is 0 Å². The quantitative estimate of drug-likeness (QED) is 0.869. The number of aliphatic hydroxyl groups is 1. The van der Waals surface area contributed by atoms with Gasteiger partial charge in [-0.1, -0.05) is 12.1 Å². The summed E-state index contributed by atoms with van der Waals surface area (Å²) >= 11 is 1.46. The monoisotopic (exact) mass is 241 g/mol. The lowest BCUT2D eigenvalue weighted by atomic mass is 10.2. The Bertz CT molecular complexity index is 399. The predicted octanol–water partition coefficient (Wildman–Crippen LogP) is 1.39. The van der Waals surface area contributed by atoms with E-state index in [1.807, 2.05) is 0 Å². The van der Waals surface area contributed by atoms with E-state index in [-0.39, 0.29) is 23.7 Å². The normalized spacial score (nSPS) is 20.5. The Hall–Kier alpha value is -1.07. The molecule has 1 aromatic carbocycles. The third-order valence-electron chi connectivity index (χ3n) is 2.44. The highest BCUT2D eigenvalue weighted by Gasteiger charge is 2.32. The number of rotatable bonds is 3. The standard InChI is InChI=1S/C11H12FNO2S/c12-9-3-1-2-8(6-9)11-13(4-5-14)10(15)7-16-11/h1-3,6,11,14H,4-5,7H2/t11-/m0/s1. The molecule has 0 saturated carbocycles. The number of aliphatic hydroxyl groups excluding tert-OH is 1. The second kappa shape index (κ2) is 4.84. The van der Waals surface area contributed by atoms with Crippen LogP contribution in [0.2, 0.25) is 0 Å². The SMILES string of the molecule is O=C1CS[C@@H](c2cccc(F)c2)N1CCO. The van der Waals surface area contributed by atoms with Crippen LogP contribution in [0.1, 0.15) is 10.9 Å². The fourth-order valence-corrected chi connectivity index (χ4v) is 2.95. The van der Waals surface area contributed by atoms with Gasteiger partial charge in [0.2, 0.25) is 5.91 Å². The van der Waals surface area contributed by atoms with Crippen molar-refractivity contribution in [3.63, 3.8) is 0 Å². The topological polar surface area (TPSA) is 40.5 Å². The van der Waals surface area contributed by atoms with Crippen LogP contribution >= 0.6 is 11.8 Å². The summed E-state index contributed by atoms with van der Waals surface area (Å²) < 4.78 is 13.1. The van der Waals surface area contributed by atoms with Crippen LogP contribution in [0.5, 0.6) is 0 Å². The lowest BCUT2D eigenvalue weighted by molar-refractivity contribution is -0.128. The van der Waals surface area contributed by atoms with Gasteiger partial charge in [-0.3, -0.25) is 4.79 Å². The first-order chi connectivity index (χ1) is 7.72. The van der Waals surface area contributed by atoms with E-state index < -0.39 is 0 Å². The average molecular weight is 241 g/mol. The summed E-state index contributed by atoms with van der Waals surface area (Å²) in [6, 6.07) is 6.23. The maximum atomic E-state index is 13.1. The van der Waals surface area contributed by atoms with E-state index in [1.54, 1.807) is 17.0 Å². The molecule has 0 aliphatic carbocycles. The molecule has 0 aromatic heterocycles. The molecule has 1 aromatic rings. The highest BCUT2D eigenvalue weighted by atomic mass is 32.2. The summed E-state index contributed by atoms with van der Waals surface area (Å²) in [6.45, 7) is 0.227. The first-order valence-corrected chi connectivity index (χ1v) is 6.04. The van der Waals surface area contributed by atoms with Crippen LogP contribution in [0.15, 0.2) is 24.3 Å². The minimum absolute atomic E-state index is 0.00619. The molecule has 16 heavy (non-hydrogen) atoms. The number of carbonyl (C=O) groups is 1. The van der Waals surface area contributed by atoms with E-state index in [2.05, 4.69) is 0 Å². The van der Waals surface area contributed by atoms with Crippen molar-refractivity contribution in [1.82, 2.24) is 4.90 Å². The summed E-state index contributed by atoms with van der Waals surface area (Å²) in [4.78, 5) is 13.1. The van der Waals surface area contributed by atoms with Crippen molar-refractivity contribution in [2.24, 2.45) is 0 Å². The Morgan fingerprint density at radius 1 is 1.56 bits per heavy atom. The second-order valence-electron chi connectivity index (χ2n) is 3.53. The largest absolute Gasteiger partial charge is 0.395 e. The summed E-state index contributed by atoms with van der Waals surface area (Å²) in [6.07, 6.45) is 0. The van der Waals surface area contributed by atoms with Gasteiger partial charge in [-0.25, -0.2) is 4.39 Å². The molecule has 1 N–H and O–H groups in total. The highest BCUT2D eigenvalue weighted by molar-refractivity contribution is 8.00. The van der Waals surface area contributed by atoms with Gasteiger partial charge in [0.1, 0.15) is 11.2 Å². The molecule has 1 heterocycles. The van der Waals surface area contributed by atoms with Crippen LogP contribution in [-0.4, -0.2) is 34.8 Å². The van der Waals surface area contributed by atoms with Gasteiger partial charge >= 0.3 is 0 Å². The van der Waals surface area contributed by atoms with Crippen molar-refractivity contribution in [1.29, 1.82) is 0 Å². The van der Waals surface area contributed by atoms with Gasteiger partial charge < -0.3 is 10.0 Å². The molecule has 0 radical (unpaired) electrons. The molecule has 0 spiro atoms. The van der Waals surface area contributed by atoms with Crippen LogP contribution < -0.4 is 0 Å². The van der Waals surface area contributed by atoms with Crippen molar-refractivity contribution in [2.75, 3.05) is 18.9 Å². The third kappa shape index (κ3) is 2.20. The molecule has 0 bridgehead atoms. The first-order valence-electron chi connectivity index (χ1n) is 5.00. The summed E-state index contributed by atoms with van der Waals surface area (Å²) in [7, 11) is 0. The van der Waals surface area contributed by atoms with Crippen LogP contribution in [0, 0.1) is 5.82 Å². The number of carbonyl (C=O) groups excluding carboxylic acids is 1. The molecule has 1 saturated heterocycles. The molecule has 1 fully saturated rings. The zero-order valence-corrected chi connectivity index (χ0v) is 9.41. The molecule has 1 aliphatic heterocycles. The number of hydrogen-bond donors (Lipinski definition) is 1. The van der Waals surface area contributed by atoms with Crippen molar-refractivity contribution in [3.8, 4) is 0 Å². The van der Waals surface area contributed by atoms with Crippen LogP contribution in [0.4, 0.5) is 4.39 Å². The first kappa shape index (κ1) is 11.4. The van der Waals surface area contributed by atoms with Gasteiger partial charge in [0.25, 0.3) is 0 Å². The number of β-amino-alcohol motifs (C(OH)–C–C–N with tert-alkyl or cyclic N) is 1. The fraction of sp³-hybridized carbons (Fsp3) is 0.364. The Morgan fingerprint density at radius 2 is 2.38 bits per heavy atom. The maximum Gasteiger partial charge on any atom is 0.233 e. The van der Waals surface area contributed by atoms with E-state index in [1.165, 1.54) is 23.9 Å². The number of nitrogens with zero attached hydrogens (tertiary/aromatic N) is 1. The molecule has 1 atom stereocenters. The number of halogens is 1. The smallest absolute Gasteiger partial charge is 0.233 e. The minimum atomic E-state index is -0.304. The maximum absolute atomic E-state index is 13.1. The van der Waals surface area contributed by atoms with E-state index in [4.69, 9.17) is 5.11 Å². The van der Waals surface area contributed by atoms with Gasteiger partial charge in [0.15, 0.2) is 0 Å². The zero-order chi connectivity index (χ0) is 11.5. The molecule has 86 valence electrons. The van der Waals surface area contributed by atoms with Gasteiger partial charge in [-0.2, -0.15) is 0 Å². The third-order valence-corrected chi connectivity index (χ3v) is 3.70. The number of benzene rings is 1. The minimum Gasteiger partial charge on any atom is -0.395 e. The van der Waals surface area contributed by atoms with Crippen molar-refractivity contribution >= 4 is 17.7 Å². The Balaban J connectivity index is 2.23. The van der Waals surface area contributed by atoms with Crippen LogP contribution in [-0.2, 0) is 4.79 Å². The molecular formula is C11H12FNO2S. The van der Waals surface area contributed by atoms with Gasteiger partial charge in [-0.05, 0) is 17.7 Å². The lowest BCUT2D eigenvalue weighted by Gasteiger charge is -2.23. The average Bonchev–Trinajstić information content (AvgIpc) is 2.61. The van der Waals surface area contributed by atoms with Gasteiger partial charge in [-0.15, -0.1) is 11.8 Å². The Morgan fingerprint density at radius 3 is 3.06 bits per heavy atom. The molecule has 3 nitrogen and oxygen atoms in total. The lowest BCUT2D eigenvalue weighted by Crippen LogP contribution is -2.30. The van der Waals surface area contributed by atoms with Crippen molar-refractivity contribution in [2.45, 2.75) is 5.37 Å². The van der Waals surface area contributed by atoms with Gasteiger partial charge in [0, 0.05) is 6.54 Å². The predicted molar refractivity (Wildman–Crippen MR) is 60.4 cm³/mol. The molecule has 1 amide bonds. The van der Waals surface area contributed by atoms with E-state index in [9.17, 15) is 9.18 Å². The van der Waals surface area contributed by atoms with Crippen molar-refractivity contribution < 1.29 is 14.3 Å². The molecule has 1 aliphatic rings. The Kier molecular flexibility index (Phi) is 3.46. The summed E-state index contributed by atoms with van der Waals surface area (Å²) in [5, 5.41) is 8.72. The van der Waals surface area contributed by atoms with Crippen molar-refractivity contribution in [3.05, 3.63) is 35.6 Å². The van der Waals surface area contributed by atoms with E-state index in [0.29, 0.717) is 12.3 Å². The Labute approximate surface area is 97.3 Å². The van der Waals surface area contributed by atoms with Gasteiger partial charge in [0.05, 0.1) is 12.4 Å². The second-order valence-corrected chi connectivity index (χ2v) is 4.60. The van der Waals surface area contributed by atoms with Crippen LogP contribution in [0.3, 0.4) is 0 Å². The molecule has 0 unspecified atom stereocenters. The van der Waals surface area contributed by atoms with E-state index in [0.717, 1.165) is 5.56 Å². The van der Waals surface area contributed by atoms with Crippen LogP contribution in [0.25, 0.3) is 0 Å². The molecular weight excluding hydrogens is 229 g/mol.